The van der Waals surface area contributed by atoms with Crippen LogP contribution < -0.4 is 4.74 Å². The van der Waals surface area contributed by atoms with Crippen LogP contribution in [0.4, 0.5) is 0 Å². The first-order valence-corrected chi connectivity index (χ1v) is 12.4. The summed E-state index contributed by atoms with van der Waals surface area (Å²) in [6.07, 6.45) is 3.39. The number of amides is 2. The number of rotatable bonds is 6. The van der Waals surface area contributed by atoms with Crippen LogP contribution in [0.3, 0.4) is 0 Å². The van der Waals surface area contributed by atoms with Crippen LogP contribution in [-0.2, 0) is 9.53 Å². The molecule has 7 heteroatoms. The number of halogens is 1. The van der Waals surface area contributed by atoms with Crippen LogP contribution in [0.15, 0.2) is 42.5 Å². The van der Waals surface area contributed by atoms with E-state index < -0.39 is 5.60 Å². The quantitative estimate of drug-likeness (QED) is 0.598. The Kier molecular flexibility index (Phi) is 7.79. The summed E-state index contributed by atoms with van der Waals surface area (Å²) in [7, 11) is 0. The van der Waals surface area contributed by atoms with Gasteiger partial charge in [0.25, 0.3) is 5.91 Å². The molecule has 0 bridgehead atoms. The topological polar surface area (TPSA) is 59.1 Å². The monoisotopic (exact) mass is 484 g/mol. The number of benzene rings is 2. The van der Waals surface area contributed by atoms with Crippen LogP contribution in [0.2, 0.25) is 5.02 Å². The van der Waals surface area contributed by atoms with Crippen molar-refractivity contribution >= 4 is 23.4 Å². The van der Waals surface area contributed by atoms with E-state index in [2.05, 4.69) is 0 Å². The molecule has 2 heterocycles. The van der Waals surface area contributed by atoms with Gasteiger partial charge in [0.05, 0.1) is 19.6 Å². The second-order valence-corrected chi connectivity index (χ2v) is 9.80. The largest absolute Gasteiger partial charge is 0.490 e. The lowest BCUT2D eigenvalue weighted by Crippen LogP contribution is -2.58. The summed E-state index contributed by atoms with van der Waals surface area (Å²) in [6.45, 7) is 6.71. The maximum Gasteiger partial charge on any atom is 0.254 e. The van der Waals surface area contributed by atoms with Crippen LogP contribution >= 0.6 is 11.6 Å². The normalized spacial score (nSPS) is 20.8. The Hall–Kier alpha value is -2.57. The Morgan fingerprint density at radius 3 is 2.50 bits per heavy atom. The molecule has 182 valence electrons. The van der Waals surface area contributed by atoms with Gasteiger partial charge in [0.1, 0.15) is 18.0 Å². The molecule has 1 atom stereocenters. The first-order valence-electron chi connectivity index (χ1n) is 12.0. The number of nitrogens with zero attached hydrogens (tertiary/aromatic N) is 2. The van der Waals surface area contributed by atoms with Crippen LogP contribution in [0, 0.1) is 13.8 Å². The van der Waals surface area contributed by atoms with E-state index in [4.69, 9.17) is 21.1 Å². The molecule has 2 amide bonds. The Balaban J connectivity index is 1.55. The lowest BCUT2D eigenvalue weighted by atomic mass is 9.95. The molecular weight excluding hydrogens is 452 g/mol. The third kappa shape index (κ3) is 5.73. The fourth-order valence-electron chi connectivity index (χ4n) is 4.70. The van der Waals surface area contributed by atoms with Crippen molar-refractivity contribution in [3.05, 3.63) is 64.2 Å². The minimum atomic E-state index is -0.918. The smallest absolute Gasteiger partial charge is 0.254 e. The molecule has 34 heavy (non-hydrogen) atoms. The van der Waals surface area contributed by atoms with E-state index in [9.17, 15) is 9.59 Å². The number of aryl methyl sites for hydroxylation is 2. The van der Waals surface area contributed by atoms with Crippen molar-refractivity contribution in [2.75, 3.05) is 39.4 Å². The molecule has 2 aliphatic heterocycles. The van der Waals surface area contributed by atoms with Crippen molar-refractivity contribution in [1.29, 1.82) is 0 Å². The van der Waals surface area contributed by atoms with Gasteiger partial charge in [0, 0.05) is 30.2 Å². The zero-order chi connectivity index (χ0) is 24.1. The van der Waals surface area contributed by atoms with Gasteiger partial charge in [-0.2, -0.15) is 0 Å². The first kappa shape index (κ1) is 24.6. The molecule has 0 spiro atoms. The third-order valence-electron chi connectivity index (χ3n) is 6.72. The zero-order valence-electron chi connectivity index (χ0n) is 20.0. The minimum absolute atomic E-state index is 0.0430. The summed E-state index contributed by atoms with van der Waals surface area (Å²) < 4.78 is 12.4. The molecule has 0 saturated carbocycles. The van der Waals surface area contributed by atoms with E-state index >= 15 is 0 Å². The summed E-state index contributed by atoms with van der Waals surface area (Å²) in [6, 6.07) is 13.1. The molecule has 2 fully saturated rings. The number of ether oxygens (including phenoxy) is 2. The van der Waals surface area contributed by atoms with Crippen LogP contribution in [0.25, 0.3) is 0 Å². The van der Waals surface area contributed by atoms with Gasteiger partial charge in [-0.25, -0.2) is 0 Å². The Morgan fingerprint density at radius 1 is 1.00 bits per heavy atom. The van der Waals surface area contributed by atoms with Crippen LogP contribution in [0.1, 0.15) is 47.2 Å². The van der Waals surface area contributed by atoms with Gasteiger partial charge in [0.2, 0.25) is 5.91 Å². The molecular formula is C27H33ClN2O4. The average molecular weight is 485 g/mol. The second-order valence-electron chi connectivity index (χ2n) is 9.39. The Bertz CT molecular complexity index is 1040. The highest BCUT2D eigenvalue weighted by atomic mass is 35.5. The maximum absolute atomic E-state index is 13.4. The van der Waals surface area contributed by atoms with Crippen molar-refractivity contribution in [3.63, 3.8) is 0 Å². The highest BCUT2D eigenvalue weighted by Crippen LogP contribution is 2.28. The average Bonchev–Trinajstić information content (AvgIpc) is 2.85. The van der Waals surface area contributed by atoms with Crippen molar-refractivity contribution in [2.45, 2.75) is 45.1 Å². The molecule has 6 nitrogen and oxygen atoms in total. The summed E-state index contributed by atoms with van der Waals surface area (Å²) in [5.74, 6) is 0.678. The summed E-state index contributed by atoms with van der Waals surface area (Å²) in [5.41, 5.74) is 1.61. The van der Waals surface area contributed by atoms with Gasteiger partial charge in [-0.15, -0.1) is 0 Å². The van der Waals surface area contributed by atoms with E-state index in [1.54, 1.807) is 11.0 Å². The molecule has 4 rings (SSSR count). The van der Waals surface area contributed by atoms with Gasteiger partial charge in [0.15, 0.2) is 0 Å². The van der Waals surface area contributed by atoms with Gasteiger partial charge in [-0.05, 0) is 68.5 Å². The maximum atomic E-state index is 13.4. The van der Waals surface area contributed by atoms with Crippen molar-refractivity contribution < 1.29 is 19.1 Å². The Labute approximate surface area is 206 Å². The molecule has 2 aromatic carbocycles. The SMILES string of the molecule is Cc1cc(OC[C@]2(CC(=O)N3CCCCC3)CN(C(=O)c3ccccc3C)CCO2)ccc1Cl. The second kappa shape index (κ2) is 10.8. The number of hydrogen-bond donors (Lipinski definition) is 0. The molecule has 0 unspecified atom stereocenters. The van der Waals surface area contributed by atoms with Gasteiger partial charge in [-0.1, -0.05) is 29.8 Å². The van der Waals surface area contributed by atoms with Gasteiger partial charge >= 0.3 is 0 Å². The lowest BCUT2D eigenvalue weighted by Gasteiger charge is -2.43. The molecule has 2 saturated heterocycles. The van der Waals surface area contributed by atoms with Crippen molar-refractivity contribution in [2.24, 2.45) is 0 Å². The molecule has 2 aromatic rings. The predicted octanol–water partition coefficient (Wildman–Crippen LogP) is 4.65. The first-order chi connectivity index (χ1) is 16.4. The van der Waals surface area contributed by atoms with Crippen molar-refractivity contribution in [1.82, 2.24) is 9.80 Å². The third-order valence-corrected chi connectivity index (χ3v) is 7.15. The number of hydrogen-bond acceptors (Lipinski definition) is 4. The molecule has 0 aliphatic carbocycles. The number of piperidine rings is 1. The number of likely N-dealkylation sites (tertiary alicyclic amines) is 1. The van der Waals surface area contributed by atoms with Gasteiger partial charge < -0.3 is 19.3 Å². The predicted molar refractivity (Wildman–Crippen MR) is 132 cm³/mol. The van der Waals surface area contributed by atoms with E-state index in [-0.39, 0.29) is 24.8 Å². The van der Waals surface area contributed by atoms with Gasteiger partial charge in [-0.3, -0.25) is 9.59 Å². The minimum Gasteiger partial charge on any atom is -0.490 e. The lowest BCUT2D eigenvalue weighted by molar-refractivity contribution is -0.153. The Morgan fingerprint density at radius 2 is 1.76 bits per heavy atom. The zero-order valence-corrected chi connectivity index (χ0v) is 20.8. The fourth-order valence-corrected chi connectivity index (χ4v) is 4.82. The van der Waals surface area contributed by atoms with E-state index in [1.165, 1.54) is 0 Å². The van der Waals surface area contributed by atoms with E-state index in [0.29, 0.717) is 36.0 Å². The number of carbonyl (C=O) groups excluding carboxylic acids is 2. The summed E-state index contributed by atoms with van der Waals surface area (Å²) >= 11 is 6.16. The summed E-state index contributed by atoms with van der Waals surface area (Å²) in [4.78, 5) is 30.3. The van der Waals surface area contributed by atoms with E-state index in [0.717, 1.165) is 43.5 Å². The molecule has 0 aromatic heterocycles. The number of morpholine rings is 1. The number of carbonyl (C=O) groups is 2. The highest BCUT2D eigenvalue weighted by Gasteiger charge is 2.42. The fraction of sp³-hybridized carbons (Fsp3) is 0.481. The highest BCUT2D eigenvalue weighted by molar-refractivity contribution is 6.31. The standard InChI is InChI=1S/C27H33ClN2O4/c1-20-8-4-5-9-23(20)26(32)30-14-15-34-27(18-30,17-25(31)29-12-6-3-7-13-29)19-33-22-10-11-24(28)21(2)16-22/h4-5,8-11,16H,3,6-7,12-15,17-19H2,1-2H3/t27-/m0/s1. The van der Waals surface area contributed by atoms with Crippen molar-refractivity contribution in [3.8, 4) is 5.75 Å². The van der Waals surface area contributed by atoms with Crippen LogP contribution in [0.5, 0.6) is 5.75 Å². The van der Waals surface area contributed by atoms with Crippen LogP contribution in [-0.4, -0.2) is 66.6 Å². The summed E-state index contributed by atoms with van der Waals surface area (Å²) in [5, 5.41) is 0.672. The molecule has 0 radical (unpaired) electrons. The van der Waals surface area contributed by atoms with E-state index in [1.807, 2.05) is 55.1 Å². The molecule has 0 N–H and O–H groups in total. The molecule has 2 aliphatic rings.